The zero-order valence-corrected chi connectivity index (χ0v) is 29.6. The Morgan fingerprint density at radius 2 is 1.80 bits per heavy atom. The molecule has 2 saturated carbocycles. The van der Waals surface area contributed by atoms with E-state index in [1.54, 1.807) is 57.3 Å². The molecule has 6 fully saturated rings. The van der Waals surface area contributed by atoms with Crippen LogP contribution in [0, 0.1) is 30.6 Å². The van der Waals surface area contributed by atoms with E-state index in [9.17, 15) is 28.8 Å². The van der Waals surface area contributed by atoms with Crippen molar-refractivity contribution in [3.05, 3.63) is 64.3 Å². The van der Waals surface area contributed by atoms with Crippen molar-refractivity contribution in [2.24, 2.45) is 23.7 Å². The Labute approximate surface area is 296 Å². The number of nitrogens with one attached hydrogen (secondary N) is 4. The first-order chi connectivity index (χ1) is 24.6. The smallest absolute Gasteiger partial charge is 0.287 e. The minimum atomic E-state index is -0.876. The molecule has 2 aromatic heterocycles. The van der Waals surface area contributed by atoms with Crippen molar-refractivity contribution < 1.29 is 28.4 Å². The number of carbonyl (C=O) groups is 5. The molecule has 13 nitrogen and oxygen atoms in total. The van der Waals surface area contributed by atoms with Crippen molar-refractivity contribution in [1.82, 2.24) is 25.4 Å². The van der Waals surface area contributed by atoms with E-state index in [-0.39, 0.29) is 30.7 Å². The van der Waals surface area contributed by atoms with Gasteiger partial charge in [-0.25, -0.2) is 0 Å². The number of ketones is 1. The number of carbonyl (C=O) groups excluding carboxylic acids is 5. The second kappa shape index (κ2) is 14.9. The number of hydrogen-bond donors (Lipinski definition) is 4. The van der Waals surface area contributed by atoms with Crippen molar-refractivity contribution >= 4 is 46.8 Å². The number of hydrogen-bond acceptors (Lipinski definition) is 10. The van der Waals surface area contributed by atoms with Crippen molar-refractivity contribution in [3.8, 4) is 0 Å². The Balaban J connectivity index is 0.000000141. The van der Waals surface area contributed by atoms with E-state index in [1.807, 2.05) is 12.1 Å². The molecule has 1 aromatic carbocycles. The third-order valence-corrected chi connectivity index (χ3v) is 11.9. The second-order valence-corrected chi connectivity index (χ2v) is 14.4. The fraction of sp³-hybridized carbons (Fsp3) is 0.526. The van der Waals surface area contributed by atoms with Crippen LogP contribution in [0.2, 0.25) is 0 Å². The number of nitrogens with zero attached hydrogens (tertiary/aromatic N) is 2. The highest BCUT2D eigenvalue weighted by Gasteiger charge is 2.72. The average Bonchev–Trinajstić information content (AvgIpc) is 3.79. The van der Waals surface area contributed by atoms with Gasteiger partial charge in [-0.15, -0.1) is 0 Å². The Bertz CT molecular complexity index is 1860. The molecule has 0 spiro atoms. The summed E-state index contributed by atoms with van der Waals surface area (Å²) in [4.78, 5) is 70.5. The maximum Gasteiger partial charge on any atom is 0.287 e. The van der Waals surface area contributed by atoms with E-state index in [0.717, 1.165) is 41.1 Å². The summed E-state index contributed by atoms with van der Waals surface area (Å²) in [6.07, 6.45) is 10.4. The number of Topliss-reactive ketones (excluding diaryl/α,β-unsaturated/α-hetero) is 1. The van der Waals surface area contributed by atoms with Crippen LogP contribution in [-0.4, -0.2) is 84.6 Å². The van der Waals surface area contributed by atoms with Crippen LogP contribution in [0.4, 0.5) is 5.69 Å². The van der Waals surface area contributed by atoms with Crippen molar-refractivity contribution in [3.63, 3.8) is 0 Å². The molecule has 9 atom stereocenters. The molecule has 4 saturated heterocycles. The molecule has 6 heterocycles. The predicted octanol–water partition coefficient (Wildman–Crippen LogP) is 2.65. The van der Waals surface area contributed by atoms with E-state index < -0.39 is 23.6 Å². The minimum Gasteiger partial charge on any atom is -0.451 e. The van der Waals surface area contributed by atoms with Crippen LogP contribution in [0.25, 0.3) is 11.0 Å². The molecule has 7 bridgehead atoms. The number of aromatic nitrogens is 1. The first-order valence-electron chi connectivity index (χ1n) is 17.9. The summed E-state index contributed by atoms with van der Waals surface area (Å²) >= 11 is 0. The zero-order valence-electron chi connectivity index (χ0n) is 29.6. The van der Waals surface area contributed by atoms with E-state index >= 15 is 0 Å². The molecule has 5 unspecified atom stereocenters. The number of fused-ring (bicyclic) bond motifs is 1. The van der Waals surface area contributed by atoms with E-state index in [0.29, 0.717) is 35.1 Å². The highest BCUT2D eigenvalue weighted by molar-refractivity contribution is 6.36. The number of aryl methyl sites for hydroxylation is 1. The van der Waals surface area contributed by atoms with Crippen LogP contribution in [-0.2, 0) is 25.7 Å². The number of aldehydes is 2. The van der Waals surface area contributed by atoms with Gasteiger partial charge in [0.25, 0.3) is 17.4 Å². The standard InChI is InChI=1S/C17H18N2O5.C13H20N2.C8H10N2O2/c1-10-12-5-3-4-6-14(12)24-15(10)17(23)19-11(9-20)7-8-13(21)16(22)18-2;1-14-13-6-7-2-9-10-4-8(5-11(9)13)15(13)12(10)3-7;1-9-7-3-2-4-10(5-6-11)8(7)12/h3-6,9,11H,7-8H2,1-2H3,(H,18,22)(H,19,23);7-12,14H,2-6H2,1H3;2-4,6,9H,5H2,1H3/t11-;7-,8?,9-,10?,11?,12?,13-;/m00./s1. The van der Waals surface area contributed by atoms with Crippen LogP contribution in [0.15, 0.2) is 51.8 Å². The predicted molar refractivity (Wildman–Crippen MR) is 191 cm³/mol. The Kier molecular flexibility index (Phi) is 10.6. The number of benzene rings is 1. The van der Waals surface area contributed by atoms with Crippen LogP contribution >= 0.6 is 0 Å². The second-order valence-electron chi connectivity index (χ2n) is 14.4. The Hall–Kier alpha value is -4.62. The first-order valence-corrected chi connectivity index (χ1v) is 17.9. The largest absolute Gasteiger partial charge is 0.451 e. The van der Waals surface area contributed by atoms with Crippen LogP contribution in [0.3, 0.4) is 0 Å². The average molecular weight is 701 g/mol. The fourth-order valence-corrected chi connectivity index (χ4v) is 9.88. The van der Waals surface area contributed by atoms with Gasteiger partial charge in [0.2, 0.25) is 5.78 Å². The Morgan fingerprint density at radius 3 is 2.49 bits per heavy atom. The molecule has 9 rings (SSSR count). The summed E-state index contributed by atoms with van der Waals surface area (Å²) in [5.74, 6) is 2.51. The monoisotopic (exact) mass is 700 g/mol. The van der Waals surface area contributed by atoms with Crippen molar-refractivity contribution in [1.29, 1.82) is 0 Å². The molecule has 0 radical (unpaired) electrons. The SMILES string of the molecule is CNC(=O)C(=O)CC[C@@H](C=O)NC(=O)c1oc2ccccc2c1C.CN[C@]12C[C@@H]3CC4C5CC(CC1[C@H]5C3)N42.CNc1cccn(CC=O)c1=O. The molecule has 51 heavy (non-hydrogen) atoms. The van der Waals surface area contributed by atoms with Gasteiger partial charge in [0.05, 0.1) is 18.2 Å². The maximum atomic E-state index is 12.3. The van der Waals surface area contributed by atoms with E-state index in [2.05, 4.69) is 33.2 Å². The van der Waals surface area contributed by atoms with Gasteiger partial charge in [-0.1, -0.05) is 18.2 Å². The number of likely N-dealkylation sites (N-methyl/N-ethyl adjacent to an activating group) is 1. The number of pyridine rings is 1. The molecular formula is C38H48N6O7. The summed E-state index contributed by atoms with van der Waals surface area (Å²) in [5, 5.41) is 12.0. The van der Waals surface area contributed by atoms with Gasteiger partial charge in [-0.3, -0.25) is 24.1 Å². The molecule has 2 aliphatic carbocycles. The number of piperidine rings is 2. The van der Waals surface area contributed by atoms with Gasteiger partial charge in [0, 0.05) is 49.7 Å². The van der Waals surface area contributed by atoms with Gasteiger partial charge in [0.1, 0.15) is 23.8 Å². The van der Waals surface area contributed by atoms with Gasteiger partial charge in [0.15, 0.2) is 5.76 Å². The summed E-state index contributed by atoms with van der Waals surface area (Å²) in [6.45, 7) is 1.86. The molecule has 6 aliphatic rings. The molecule has 3 aromatic rings. The summed E-state index contributed by atoms with van der Waals surface area (Å²) in [7, 11) is 5.24. The van der Waals surface area contributed by atoms with Crippen molar-refractivity contribution in [2.45, 2.75) is 82.2 Å². The van der Waals surface area contributed by atoms with Gasteiger partial charge < -0.3 is 39.8 Å². The molecule has 13 heteroatoms. The highest BCUT2D eigenvalue weighted by Crippen LogP contribution is 2.69. The van der Waals surface area contributed by atoms with Crippen molar-refractivity contribution in [2.75, 3.05) is 26.5 Å². The third kappa shape index (κ3) is 6.53. The number of amides is 2. The minimum absolute atomic E-state index is 0.0424. The van der Waals surface area contributed by atoms with Crippen LogP contribution in [0.5, 0.6) is 0 Å². The highest BCUT2D eigenvalue weighted by atomic mass is 16.3. The number of para-hydroxylation sites is 1. The van der Waals surface area contributed by atoms with Gasteiger partial charge in [-0.05, 0) is 94.4 Å². The topological polar surface area (TPSA) is 172 Å². The quantitative estimate of drug-likeness (QED) is 0.172. The Morgan fingerprint density at radius 1 is 1.02 bits per heavy atom. The van der Waals surface area contributed by atoms with Crippen LogP contribution < -0.4 is 26.8 Å². The third-order valence-electron chi connectivity index (χ3n) is 11.9. The summed E-state index contributed by atoms with van der Waals surface area (Å²) in [5.41, 5.74) is 2.05. The lowest BCUT2D eigenvalue weighted by Gasteiger charge is -2.63. The number of anilines is 1. The van der Waals surface area contributed by atoms with Gasteiger partial charge >= 0.3 is 0 Å². The summed E-state index contributed by atoms with van der Waals surface area (Å²) < 4.78 is 6.87. The lowest BCUT2D eigenvalue weighted by molar-refractivity contribution is -0.145. The molecule has 2 amide bonds. The lowest BCUT2D eigenvalue weighted by atomic mass is 9.52. The van der Waals surface area contributed by atoms with E-state index in [4.69, 9.17) is 4.42 Å². The zero-order chi connectivity index (χ0) is 36.4. The molecule has 4 aliphatic heterocycles. The normalized spacial score (nSPS) is 29.0. The lowest BCUT2D eigenvalue weighted by Crippen LogP contribution is -2.72. The number of furan rings is 1. The fourth-order valence-electron chi connectivity index (χ4n) is 9.88. The summed E-state index contributed by atoms with van der Waals surface area (Å²) in [6, 6.07) is 11.7. The molecule has 272 valence electrons. The number of rotatable bonds is 11. The van der Waals surface area contributed by atoms with Gasteiger partial charge in [-0.2, -0.15) is 0 Å². The molecular weight excluding hydrogens is 652 g/mol. The first kappa shape index (κ1) is 36.2. The molecule has 4 N–H and O–H groups in total. The van der Waals surface area contributed by atoms with Crippen LogP contribution in [0.1, 0.15) is 61.1 Å². The van der Waals surface area contributed by atoms with E-state index in [1.165, 1.54) is 30.9 Å². The maximum absolute atomic E-state index is 12.3.